The number of piperidine rings is 1. The molecule has 0 spiro atoms. The zero-order valence-electron chi connectivity index (χ0n) is 15.9. The Labute approximate surface area is 156 Å². The molecule has 1 aliphatic heterocycles. The lowest BCUT2D eigenvalue weighted by Crippen LogP contribution is -2.38. The fourth-order valence-corrected chi connectivity index (χ4v) is 4.10. The van der Waals surface area contributed by atoms with Crippen molar-refractivity contribution < 1.29 is 13.2 Å². The van der Waals surface area contributed by atoms with E-state index in [1.54, 1.807) is 19.1 Å². The minimum absolute atomic E-state index is 0.140. The summed E-state index contributed by atoms with van der Waals surface area (Å²) >= 11 is 0. The number of nitrogens with zero attached hydrogens (tertiary/aromatic N) is 3. The summed E-state index contributed by atoms with van der Waals surface area (Å²) in [7, 11) is -2.61. The van der Waals surface area contributed by atoms with Crippen LogP contribution in [0.25, 0.3) is 11.0 Å². The Bertz CT molecular complexity index is 893. The molecule has 6 nitrogen and oxygen atoms in total. The minimum Gasteiger partial charge on any atom is -0.343 e. The van der Waals surface area contributed by atoms with Crippen LogP contribution in [-0.2, 0) is 27.5 Å². The maximum absolute atomic E-state index is 11.5. The number of thiol groups is 1. The van der Waals surface area contributed by atoms with Gasteiger partial charge in [0, 0.05) is 32.0 Å². The molecule has 1 amide bonds. The van der Waals surface area contributed by atoms with Gasteiger partial charge in [0.25, 0.3) is 0 Å². The van der Waals surface area contributed by atoms with Crippen LogP contribution in [-0.4, -0.2) is 41.9 Å². The zero-order chi connectivity index (χ0) is 19.1. The van der Waals surface area contributed by atoms with Crippen LogP contribution in [0.2, 0.25) is 0 Å². The highest BCUT2D eigenvalue weighted by Gasteiger charge is 2.27. The first-order valence-corrected chi connectivity index (χ1v) is 10.2. The van der Waals surface area contributed by atoms with Crippen molar-refractivity contribution in [3.8, 4) is 0 Å². The topological polar surface area (TPSA) is 72.3 Å². The van der Waals surface area contributed by atoms with Gasteiger partial charge < -0.3 is 9.47 Å². The van der Waals surface area contributed by atoms with Gasteiger partial charge in [-0.1, -0.05) is 20.8 Å². The van der Waals surface area contributed by atoms with E-state index in [2.05, 4.69) is 25.3 Å². The van der Waals surface area contributed by atoms with Crippen molar-refractivity contribution in [2.75, 3.05) is 13.1 Å². The van der Waals surface area contributed by atoms with Gasteiger partial charge in [-0.25, -0.2) is 13.4 Å². The highest BCUT2D eigenvalue weighted by atomic mass is 32.2. The Morgan fingerprint density at radius 3 is 2.42 bits per heavy atom. The SMILES string of the molecule is CC(=O)N1CCC(Cn2c(C(C)(C)C)nc3cc([SH](=O)=O)ccc32)CC1. The molecule has 1 saturated heterocycles. The molecule has 142 valence electrons. The number of benzene rings is 1. The molecule has 1 fully saturated rings. The van der Waals surface area contributed by atoms with Crippen molar-refractivity contribution in [2.24, 2.45) is 5.92 Å². The lowest BCUT2D eigenvalue weighted by atomic mass is 9.93. The first-order valence-electron chi connectivity index (χ1n) is 9.07. The second-order valence-electron chi connectivity index (χ2n) is 8.18. The molecule has 1 aliphatic rings. The summed E-state index contributed by atoms with van der Waals surface area (Å²) < 4.78 is 24.9. The normalized spacial score (nSPS) is 16.6. The summed E-state index contributed by atoms with van der Waals surface area (Å²) in [4.78, 5) is 18.5. The first kappa shape index (κ1) is 18.9. The van der Waals surface area contributed by atoms with Crippen molar-refractivity contribution in [3.63, 3.8) is 0 Å². The van der Waals surface area contributed by atoms with Gasteiger partial charge >= 0.3 is 0 Å². The molecular weight excluding hydrogens is 350 g/mol. The fraction of sp³-hybridized carbons (Fsp3) is 0.579. The third-order valence-corrected chi connectivity index (χ3v) is 5.81. The largest absolute Gasteiger partial charge is 0.343 e. The average Bonchev–Trinajstić information content (AvgIpc) is 2.93. The number of carbonyl (C=O) groups excluding carboxylic acids is 1. The highest BCUT2D eigenvalue weighted by molar-refractivity contribution is 7.72. The molecule has 0 aliphatic carbocycles. The predicted octanol–water partition coefficient (Wildman–Crippen LogP) is 2.56. The first-order chi connectivity index (χ1) is 12.2. The maximum atomic E-state index is 11.5. The van der Waals surface area contributed by atoms with E-state index in [4.69, 9.17) is 4.98 Å². The van der Waals surface area contributed by atoms with Gasteiger partial charge in [-0.05, 0) is 37.0 Å². The Kier molecular flexibility index (Phi) is 5.10. The summed E-state index contributed by atoms with van der Waals surface area (Å²) in [6, 6.07) is 5.17. The van der Waals surface area contributed by atoms with Gasteiger partial charge in [-0.15, -0.1) is 0 Å². The van der Waals surface area contributed by atoms with E-state index in [-0.39, 0.29) is 11.3 Å². The molecule has 2 aromatic rings. The van der Waals surface area contributed by atoms with Crippen LogP contribution in [0, 0.1) is 5.92 Å². The van der Waals surface area contributed by atoms with Crippen LogP contribution in [0.5, 0.6) is 0 Å². The van der Waals surface area contributed by atoms with Crippen LogP contribution < -0.4 is 0 Å². The molecule has 26 heavy (non-hydrogen) atoms. The van der Waals surface area contributed by atoms with Gasteiger partial charge in [-0.2, -0.15) is 0 Å². The van der Waals surface area contributed by atoms with E-state index in [1.807, 2.05) is 11.0 Å². The smallest absolute Gasteiger partial charge is 0.219 e. The number of likely N-dealkylation sites (tertiary alicyclic amines) is 1. The number of carbonyl (C=O) groups is 1. The van der Waals surface area contributed by atoms with Crippen LogP contribution >= 0.6 is 0 Å². The van der Waals surface area contributed by atoms with Crippen molar-refractivity contribution in [3.05, 3.63) is 24.0 Å². The third kappa shape index (κ3) is 3.77. The van der Waals surface area contributed by atoms with Crippen LogP contribution in [0.3, 0.4) is 0 Å². The van der Waals surface area contributed by atoms with Crippen LogP contribution in [0.15, 0.2) is 23.1 Å². The Morgan fingerprint density at radius 2 is 1.88 bits per heavy atom. The lowest BCUT2D eigenvalue weighted by molar-refractivity contribution is -0.130. The number of fused-ring (bicyclic) bond motifs is 1. The van der Waals surface area contributed by atoms with E-state index in [0.29, 0.717) is 10.8 Å². The molecule has 0 N–H and O–H groups in total. The van der Waals surface area contributed by atoms with Gasteiger partial charge in [0.2, 0.25) is 5.91 Å². The van der Waals surface area contributed by atoms with Gasteiger partial charge in [0.15, 0.2) is 10.7 Å². The highest BCUT2D eigenvalue weighted by Crippen LogP contribution is 2.30. The van der Waals surface area contributed by atoms with Crippen molar-refractivity contribution in [1.29, 1.82) is 0 Å². The molecule has 7 heteroatoms. The monoisotopic (exact) mass is 377 g/mol. The van der Waals surface area contributed by atoms with Gasteiger partial charge in [0.1, 0.15) is 5.82 Å². The average molecular weight is 378 g/mol. The molecule has 0 bridgehead atoms. The number of hydrogen-bond donors (Lipinski definition) is 1. The number of aromatic nitrogens is 2. The van der Waals surface area contributed by atoms with E-state index >= 15 is 0 Å². The van der Waals surface area contributed by atoms with E-state index in [0.717, 1.165) is 49.3 Å². The second-order valence-corrected chi connectivity index (χ2v) is 9.21. The van der Waals surface area contributed by atoms with E-state index in [1.165, 1.54) is 0 Å². The molecule has 1 aromatic heterocycles. The predicted molar refractivity (Wildman–Crippen MR) is 102 cm³/mol. The Balaban J connectivity index is 1.94. The van der Waals surface area contributed by atoms with Crippen molar-refractivity contribution in [2.45, 2.75) is 57.4 Å². The molecular formula is C19H27N3O3S. The number of amides is 1. The zero-order valence-corrected chi connectivity index (χ0v) is 16.8. The molecule has 3 rings (SSSR count). The van der Waals surface area contributed by atoms with Crippen LogP contribution in [0.1, 0.15) is 46.4 Å². The molecule has 0 radical (unpaired) electrons. The maximum Gasteiger partial charge on any atom is 0.219 e. The molecule has 2 heterocycles. The van der Waals surface area contributed by atoms with Crippen LogP contribution in [0.4, 0.5) is 0 Å². The number of rotatable bonds is 3. The van der Waals surface area contributed by atoms with Gasteiger partial charge in [-0.3, -0.25) is 4.79 Å². The number of hydrogen-bond acceptors (Lipinski definition) is 4. The summed E-state index contributed by atoms with van der Waals surface area (Å²) in [6.07, 6.45) is 1.96. The molecule has 0 atom stereocenters. The van der Waals surface area contributed by atoms with Crippen molar-refractivity contribution in [1.82, 2.24) is 14.5 Å². The Morgan fingerprint density at radius 1 is 1.23 bits per heavy atom. The molecule has 0 unspecified atom stereocenters. The molecule has 0 saturated carbocycles. The minimum atomic E-state index is -2.61. The Hall–Kier alpha value is -1.89. The van der Waals surface area contributed by atoms with E-state index in [9.17, 15) is 13.2 Å². The summed E-state index contributed by atoms with van der Waals surface area (Å²) in [5, 5.41) is 0. The quantitative estimate of drug-likeness (QED) is 0.835. The fourth-order valence-electron chi connectivity index (χ4n) is 3.68. The second kappa shape index (κ2) is 7.02. The van der Waals surface area contributed by atoms with E-state index < -0.39 is 10.7 Å². The summed E-state index contributed by atoms with van der Waals surface area (Å²) in [5.41, 5.74) is 1.57. The van der Waals surface area contributed by atoms with Crippen molar-refractivity contribution >= 4 is 27.6 Å². The lowest BCUT2D eigenvalue weighted by Gasteiger charge is -2.32. The summed E-state index contributed by atoms with van der Waals surface area (Å²) in [5.74, 6) is 1.60. The van der Waals surface area contributed by atoms with Gasteiger partial charge in [0.05, 0.1) is 15.9 Å². The molecule has 1 aromatic carbocycles. The standard InChI is InChI=1S/C19H27N3O3S/c1-13(23)21-9-7-14(8-10-21)12-22-17-6-5-15(26(24)25)11-16(17)20-18(22)19(2,3)4/h5-6,11,14,26H,7-10,12H2,1-4H3. The number of imidazole rings is 1. The summed E-state index contributed by atoms with van der Waals surface area (Å²) in [6.45, 7) is 10.4. The third-order valence-electron chi connectivity index (χ3n) is 5.11.